The summed E-state index contributed by atoms with van der Waals surface area (Å²) in [4.78, 5) is 30.2. The Morgan fingerprint density at radius 3 is 2.75 bits per heavy atom. The van der Waals surface area contributed by atoms with Crippen molar-refractivity contribution in [3.63, 3.8) is 0 Å². The van der Waals surface area contributed by atoms with E-state index in [1.807, 2.05) is 37.3 Å². The Labute approximate surface area is 176 Å². The molecule has 0 radical (unpaired) electrons. The van der Waals surface area contributed by atoms with Crippen molar-refractivity contribution in [2.45, 2.75) is 25.0 Å². The molecule has 0 spiro atoms. The van der Waals surface area contributed by atoms with E-state index in [2.05, 4.69) is 20.9 Å². The fourth-order valence-corrected chi connectivity index (χ4v) is 4.07. The van der Waals surface area contributed by atoms with Crippen molar-refractivity contribution in [1.82, 2.24) is 9.55 Å². The summed E-state index contributed by atoms with van der Waals surface area (Å²) in [7, 11) is 0. The van der Waals surface area contributed by atoms with Crippen LogP contribution in [0.2, 0.25) is 0 Å². The Bertz CT molecular complexity index is 1020. The van der Waals surface area contributed by atoms with Gasteiger partial charge in [-0.05, 0) is 31.5 Å². The number of hydrogen-bond donors (Lipinski definition) is 0. The van der Waals surface area contributed by atoms with Gasteiger partial charge in [-0.25, -0.2) is 4.98 Å². The van der Waals surface area contributed by atoms with E-state index < -0.39 is 0 Å². The fraction of sp³-hybridized carbons (Fsp3) is 0.286. The Hall–Kier alpha value is -1.96. The van der Waals surface area contributed by atoms with Gasteiger partial charge in [-0.2, -0.15) is 0 Å². The highest BCUT2D eigenvalue weighted by Crippen LogP contribution is 2.21. The smallest absolute Gasteiger partial charge is 0.262 e. The monoisotopic (exact) mass is 460 g/mol. The second-order valence-electron chi connectivity index (χ2n) is 6.14. The van der Waals surface area contributed by atoms with Crippen LogP contribution in [0.4, 0.5) is 0 Å². The van der Waals surface area contributed by atoms with Crippen LogP contribution in [0, 0.1) is 0 Å². The molecule has 0 bridgehead atoms. The third-order valence-corrected chi connectivity index (χ3v) is 5.65. The van der Waals surface area contributed by atoms with E-state index in [-0.39, 0.29) is 17.1 Å². The van der Waals surface area contributed by atoms with Gasteiger partial charge in [-0.15, -0.1) is 0 Å². The molecule has 0 saturated heterocycles. The van der Waals surface area contributed by atoms with Gasteiger partial charge in [0.1, 0.15) is 0 Å². The minimum Gasteiger partial charge on any atom is -0.382 e. The van der Waals surface area contributed by atoms with Crippen LogP contribution >= 0.6 is 27.7 Å². The van der Waals surface area contributed by atoms with Crippen LogP contribution < -0.4 is 5.56 Å². The molecule has 2 aromatic carbocycles. The summed E-state index contributed by atoms with van der Waals surface area (Å²) in [5, 5.41) is 1.12. The number of thioether (sulfide) groups is 1. The second-order valence-corrected chi connectivity index (χ2v) is 8.00. The van der Waals surface area contributed by atoms with Gasteiger partial charge in [0.2, 0.25) is 0 Å². The summed E-state index contributed by atoms with van der Waals surface area (Å²) >= 11 is 4.71. The number of fused-ring (bicyclic) bond motifs is 1. The molecule has 1 heterocycles. The maximum atomic E-state index is 13.0. The van der Waals surface area contributed by atoms with Gasteiger partial charge in [0.05, 0.1) is 16.7 Å². The minimum atomic E-state index is -0.0996. The lowest BCUT2D eigenvalue weighted by atomic mass is 10.2. The standard InChI is InChI=1S/C21H21BrN2O3S/c1-2-27-12-6-11-24-20(26)17-13-16(22)9-10-18(17)23-21(24)28-14-19(25)15-7-4-3-5-8-15/h3-5,7-10,13H,2,6,11-12,14H2,1H3. The van der Waals surface area contributed by atoms with Gasteiger partial charge in [0.15, 0.2) is 10.9 Å². The van der Waals surface area contributed by atoms with Gasteiger partial charge >= 0.3 is 0 Å². The van der Waals surface area contributed by atoms with Crippen molar-refractivity contribution in [2.24, 2.45) is 0 Å². The summed E-state index contributed by atoms with van der Waals surface area (Å²) in [6.45, 7) is 3.66. The Morgan fingerprint density at radius 1 is 1.21 bits per heavy atom. The van der Waals surface area contributed by atoms with Crippen LogP contribution in [0.3, 0.4) is 0 Å². The number of benzene rings is 2. The number of halogens is 1. The summed E-state index contributed by atoms with van der Waals surface area (Å²) in [6, 6.07) is 14.6. The SMILES string of the molecule is CCOCCCn1c(SCC(=O)c2ccccc2)nc2ccc(Br)cc2c1=O. The molecule has 0 atom stereocenters. The Balaban J connectivity index is 1.88. The molecule has 3 rings (SSSR count). The molecule has 0 aliphatic heterocycles. The molecule has 28 heavy (non-hydrogen) atoms. The van der Waals surface area contributed by atoms with E-state index in [9.17, 15) is 9.59 Å². The number of ketones is 1. The summed E-state index contributed by atoms with van der Waals surface area (Å²) in [5.74, 6) is 0.237. The number of hydrogen-bond acceptors (Lipinski definition) is 5. The molecule has 0 aliphatic rings. The molecule has 146 valence electrons. The first kappa shape index (κ1) is 20.8. The average Bonchev–Trinajstić information content (AvgIpc) is 2.72. The van der Waals surface area contributed by atoms with E-state index in [4.69, 9.17) is 4.74 Å². The topological polar surface area (TPSA) is 61.2 Å². The molecule has 7 heteroatoms. The van der Waals surface area contributed by atoms with Crippen LogP contribution in [-0.2, 0) is 11.3 Å². The lowest BCUT2D eigenvalue weighted by molar-refractivity contribution is 0.102. The predicted octanol–water partition coefficient (Wildman–Crippen LogP) is 4.56. The molecule has 0 aliphatic carbocycles. The molecule has 0 N–H and O–H groups in total. The highest BCUT2D eigenvalue weighted by atomic mass is 79.9. The normalized spacial score (nSPS) is 11.1. The molecule has 1 aromatic heterocycles. The van der Waals surface area contributed by atoms with E-state index in [0.29, 0.717) is 47.8 Å². The van der Waals surface area contributed by atoms with Crippen LogP contribution in [0.1, 0.15) is 23.7 Å². The summed E-state index contributed by atoms with van der Waals surface area (Å²) < 4.78 is 7.88. The third-order valence-electron chi connectivity index (χ3n) is 4.18. The van der Waals surface area contributed by atoms with Crippen molar-refractivity contribution < 1.29 is 9.53 Å². The molecule has 0 amide bonds. The number of carbonyl (C=O) groups is 1. The summed E-state index contributed by atoms with van der Waals surface area (Å²) in [5.41, 5.74) is 1.19. The van der Waals surface area contributed by atoms with Crippen LogP contribution in [0.5, 0.6) is 0 Å². The second kappa shape index (κ2) is 10.0. The van der Waals surface area contributed by atoms with Gasteiger partial charge in [-0.1, -0.05) is 58.0 Å². The number of ether oxygens (including phenoxy) is 1. The molecule has 0 fully saturated rings. The molecular weight excluding hydrogens is 440 g/mol. The van der Waals surface area contributed by atoms with E-state index in [0.717, 1.165) is 4.47 Å². The molecule has 5 nitrogen and oxygen atoms in total. The predicted molar refractivity (Wildman–Crippen MR) is 116 cm³/mol. The average molecular weight is 461 g/mol. The first-order valence-electron chi connectivity index (χ1n) is 9.09. The number of nitrogens with zero attached hydrogens (tertiary/aromatic N) is 2. The lowest BCUT2D eigenvalue weighted by Gasteiger charge is -2.13. The van der Waals surface area contributed by atoms with Gasteiger partial charge in [-0.3, -0.25) is 14.2 Å². The van der Waals surface area contributed by atoms with E-state index in [1.54, 1.807) is 22.8 Å². The third kappa shape index (κ3) is 5.10. The highest BCUT2D eigenvalue weighted by Gasteiger charge is 2.14. The molecule has 3 aromatic rings. The first-order chi connectivity index (χ1) is 13.6. The zero-order chi connectivity index (χ0) is 19.9. The number of aromatic nitrogens is 2. The maximum absolute atomic E-state index is 13.0. The maximum Gasteiger partial charge on any atom is 0.262 e. The number of Topliss-reactive ketones (excluding diaryl/α,β-unsaturated/α-hetero) is 1. The number of rotatable bonds is 9. The van der Waals surface area contributed by atoms with Gasteiger partial charge < -0.3 is 4.74 Å². The minimum absolute atomic E-state index is 0.0108. The van der Waals surface area contributed by atoms with Gasteiger partial charge in [0, 0.05) is 29.8 Å². The van der Waals surface area contributed by atoms with E-state index in [1.165, 1.54) is 11.8 Å². The lowest BCUT2D eigenvalue weighted by Crippen LogP contribution is -2.24. The fourth-order valence-electron chi connectivity index (χ4n) is 2.79. The zero-order valence-corrected chi connectivity index (χ0v) is 18.0. The molecular formula is C21H21BrN2O3S. The largest absolute Gasteiger partial charge is 0.382 e. The summed E-state index contributed by atoms with van der Waals surface area (Å²) in [6.07, 6.45) is 0.704. The highest BCUT2D eigenvalue weighted by molar-refractivity contribution is 9.10. The first-order valence-corrected chi connectivity index (χ1v) is 10.9. The van der Waals surface area contributed by atoms with Gasteiger partial charge in [0.25, 0.3) is 5.56 Å². The van der Waals surface area contributed by atoms with Crippen molar-refractivity contribution in [1.29, 1.82) is 0 Å². The van der Waals surface area contributed by atoms with Crippen LogP contribution in [0.15, 0.2) is 63.0 Å². The Kier molecular flexibility index (Phi) is 7.42. The van der Waals surface area contributed by atoms with Crippen molar-refractivity contribution in [2.75, 3.05) is 19.0 Å². The number of carbonyl (C=O) groups excluding carboxylic acids is 1. The van der Waals surface area contributed by atoms with Crippen LogP contribution in [0.25, 0.3) is 10.9 Å². The quantitative estimate of drug-likeness (QED) is 0.202. The van der Waals surface area contributed by atoms with Crippen LogP contribution in [-0.4, -0.2) is 34.3 Å². The zero-order valence-electron chi connectivity index (χ0n) is 15.6. The Morgan fingerprint density at radius 2 is 2.00 bits per heavy atom. The van der Waals surface area contributed by atoms with Crippen molar-refractivity contribution in [3.8, 4) is 0 Å². The molecule has 0 saturated carbocycles. The van der Waals surface area contributed by atoms with Crippen molar-refractivity contribution in [3.05, 3.63) is 68.9 Å². The van der Waals surface area contributed by atoms with Crippen molar-refractivity contribution >= 4 is 44.4 Å². The van der Waals surface area contributed by atoms with E-state index >= 15 is 0 Å². The molecule has 0 unspecified atom stereocenters.